The molecule has 1 saturated carbocycles. The van der Waals surface area contributed by atoms with Crippen LogP contribution in [0.4, 0.5) is 5.69 Å². The molecule has 146 valence electrons. The van der Waals surface area contributed by atoms with E-state index in [2.05, 4.69) is 5.32 Å². The number of para-hydroxylation sites is 1. The molecule has 1 aromatic rings. The van der Waals surface area contributed by atoms with E-state index in [0.29, 0.717) is 23.9 Å². The van der Waals surface area contributed by atoms with Gasteiger partial charge in [-0.2, -0.15) is 11.8 Å². The van der Waals surface area contributed by atoms with Gasteiger partial charge in [-0.05, 0) is 31.4 Å². The highest BCUT2D eigenvalue weighted by Gasteiger charge is 2.31. The van der Waals surface area contributed by atoms with Crippen LogP contribution < -0.4 is 9.62 Å². The minimum atomic E-state index is -3.55. The molecule has 1 N–H and O–H groups in total. The number of thioether (sulfide) groups is 1. The average Bonchev–Trinajstić information content (AvgIpc) is 2.63. The Morgan fingerprint density at radius 2 is 1.88 bits per heavy atom. The summed E-state index contributed by atoms with van der Waals surface area (Å²) < 4.78 is 25.9. The van der Waals surface area contributed by atoms with Gasteiger partial charge < -0.3 is 5.32 Å². The van der Waals surface area contributed by atoms with Crippen molar-refractivity contribution in [2.75, 3.05) is 22.9 Å². The van der Waals surface area contributed by atoms with Gasteiger partial charge in [0.1, 0.15) is 6.04 Å². The predicted octanol–water partition coefficient (Wildman–Crippen LogP) is 3.41. The van der Waals surface area contributed by atoms with Crippen LogP contribution in [0.5, 0.6) is 0 Å². The molecular weight excluding hydrogens is 368 g/mol. The van der Waals surface area contributed by atoms with Crippen LogP contribution in [0.3, 0.4) is 0 Å². The smallest absolute Gasteiger partial charge is 0.243 e. The van der Waals surface area contributed by atoms with E-state index in [4.69, 9.17) is 0 Å². The Morgan fingerprint density at radius 3 is 2.46 bits per heavy atom. The topological polar surface area (TPSA) is 66.5 Å². The normalized spacial score (nSPS) is 16.8. The molecule has 0 aromatic heterocycles. The van der Waals surface area contributed by atoms with Crippen molar-refractivity contribution in [2.24, 2.45) is 0 Å². The van der Waals surface area contributed by atoms with Crippen molar-refractivity contribution in [2.45, 2.75) is 56.7 Å². The van der Waals surface area contributed by atoms with Gasteiger partial charge in [0.15, 0.2) is 0 Å². The highest BCUT2D eigenvalue weighted by atomic mass is 32.2. The van der Waals surface area contributed by atoms with Crippen molar-refractivity contribution in [3.63, 3.8) is 0 Å². The molecule has 1 unspecified atom stereocenters. The molecule has 2 rings (SSSR count). The number of nitrogens with zero attached hydrogens (tertiary/aromatic N) is 1. The zero-order valence-electron chi connectivity index (χ0n) is 15.7. The number of carbonyl (C=O) groups is 1. The van der Waals surface area contributed by atoms with Crippen molar-refractivity contribution in [3.05, 3.63) is 30.3 Å². The number of sulfonamides is 1. The van der Waals surface area contributed by atoms with E-state index in [1.807, 2.05) is 24.8 Å². The van der Waals surface area contributed by atoms with Crippen LogP contribution in [0.15, 0.2) is 30.3 Å². The maximum absolute atomic E-state index is 12.7. The number of carbonyl (C=O) groups excluding carboxylic acids is 1. The summed E-state index contributed by atoms with van der Waals surface area (Å²) >= 11 is 1.92. The fourth-order valence-corrected chi connectivity index (χ4v) is 5.82. The largest absolute Gasteiger partial charge is 0.353 e. The van der Waals surface area contributed by atoms with E-state index in [-0.39, 0.29) is 5.91 Å². The number of nitrogens with one attached hydrogen (secondary N) is 1. The third-order valence-corrected chi connectivity index (χ3v) is 7.21. The summed E-state index contributed by atoms with van der Waals surface area (Å²) in [6.45, 7) is 2.41. The van der Waals surface area contributed by atoms with Gasteiger partial charge in [0, 0.05) is 17.5 Å². The van der Waals surface area contributed by atoms with E-state index in [1.54, 1.807) is 24.3 Å². The molecule has 0 aliphatic heterocycles. The highest BCUT2D eigenvalue weighted by Crippen LogP contribution is 2.27. The lowest BCUT2D eigenvalue weighted by molar-refractivity contribution is -0.122. The fourth-order valence-electron chi connectivity index (χ4n) is 3.38. The van der Waals surface area contributed by atoms with Crippen LogP contribution in [-0.2, 0) is 14.8 Å². The standard InChI is InChI=1S/C19H30N2O3S2/c1-3-18(21(26(2,23)24)16-10-6-4-7-11-16)19(22)20-14-15-25-17-12-8-5-9-13-17/h4,6-7,10-11,17-18H,3,5,8-9,12-15H2,1-2H3,(H,20,22). The predicted molar refractivity (Wildman–Crippen MR) is 110 cm³/mol. The maximum atomic E-state index is 12.7. The summed E-state index contributed by atoms with van der Waals surface area (Å²) in [7, 11) is -3.55. The van der Waals surface area contributed by atoms with Gasteiger partial charge in [0.25, 0.3) is 0 Å². The molecule has 26 heavy (non-hydrogen) atoms. The molecule has 7 heteroatoms. The SMILES string of the molecule is CCC(C(=O)NCCSC1CCCCC1)N(c1ccccc1)S(C)(=O)=O. The summed E-state index contributed by atoms with van der Waals surface area (Å²) in [5.41, 5.74) is 0.522. The van der Waals surface area contributed by atoms with Crippen LogP contribution in [0.25, 0.3) is 0 Å². The molecule has 1 fully saturated rings. The third-order valence-electron chi connectivity index (χ3n) is 4.65. The Kier molecular flexibility index (Phi) is 8.28. The second-order valence-electron chi connectivity index (χ2n) is 6.74. The molecule has 0 bridgehead atoms. The number of rotatable bonds is 9. The zero-order valence-corrected chi connectivity index (χ0v) is 17.3. The van der Waals surface area contributed by atoms with Crippen molar-refractivity contribution in [1.29, 1.82) is 0 Å². The molecule has 1 aliphatic carbocycles. The van der Waals surface area contributed by atoms with Gasteiger partial charge in [-0.25, -0.2) is 8.42 Å². The molecule has 0 spiro atoms. The first-order valence-corrected chi connectivity index (χ1v) is 12.3. The minimum Gasteiger partial charge on any atom is -0.353 e. The molecule has 1 amide bonds. The third kappa shape index (κ3) is 6.20. The van der Waals surface area contributed by atoms with Crippen LogP contribution in [0, 0.1) is 0 Å². The van der Waals surface area contributed by atoms with Crippen molar-refractivity contribution >= 4 is 33.4 Å². The molecular formula is C19H30N2O3S2. The van der Waals surface area contributed by atoms with E-state index in [0.717, 1.165) is 12.0 Å². The summed E-state index contributed by atoms with van der Waals surface area (Å²) in [6.07, 6.45) is 8.06. The average molecular weight is 399 g/mol. The van der Waals surface area contributed by atoms with Gasteiger partial charge in [-0.15, -0.1) is 0 Å². The monoisotopic (exact) mass is 398 g/mol. The Balaban J connectivity index is 1.94. The first-order chi connectivity index (χ1) is 12.4. The number of amides is 1. The Bertz CT molecular complexity index is 659. The first-order valence-electron chi connectivity index (χ1n) is 9.37. The zero-order chi connectivity index (χ0) is 19.0. The molecule has 1 atom stereocenters. The summed E-state index contributed by atoms with van der Waals surface area (Å²) in [5, 5.41) is 3.64. The Morgan fingerprint density at radius 1 is 1.23 bits per heavy atom. The molecule has 0 heterocycles. The Labute approximate surface area is 162 Å². The van der Waals surface area contributed by atoms with E-state index in [1.165, 1.54) is 36.4 Å². The second kappa shape index (κ2) is 10.2. The lowest BCUT2D eigenvalue weighted by Gasteiger charge is -2.30. The van der Waals surface area contributed by atoms with Gasteiger partial charge in [-0.3, -0.25) is 9.10 Å². The van der Waals surface area contributed by atoms with Crippen molar-refractivity contribution in [3.8, 4) is 0 Å². The summed E-state index contributed by atoms with van der Waals surface area (Å²) in [6, 6.07) is 8.09. The fraction of sp³-hybridized carbons (Fsp3) is 0.632. The van der Waals surface area contributed by atoms with Crippen LogP contribution in [-0.4, -0.2) is 44.2 Å². The lowest BCUT2D eigenvalue weighted by Crippen LogP contribution is -2.49. The summed E-state index contributed by atoms with van der Waals surface area (Å²) in [4.78, 5) is 12.7. The van der Waals surface area contributed by atoms with E-state index < -0.39 is 16.1 Å². The van der Waals surface area contributed by atoms with E-state index in [9.17, 15) is 13.2 Å². The molecule has 0 saturated heterocycles. The van der Waals surface area contributed by atoms with Crippen LogP contribution in [0.1, 0.15) is 45.4 Å². The quantitative estimate of drug-likeness (QED) is 0.647. The van der Waals surface area contributed by atoms with Gasteiger partial charge in [-0.1, -0.05) is 44.4 Å². The minimum absolute atomic E-state index is 0.231. The lowest BCUT2D eigenvalue weighted by atomic mass is 10.0. The van der Waals surface area contributed by atoms with Crippen molar-refractivity contribution < 1.29 is 13.2 Å². The van der Waals surface area contributed by atoms with Gasteiger partial charge >= 0.3 is 0 Å². The van der Waals surface area contributed by atoms with Crippen molar-refractivity contribution in [1.82, 2.24) is 5.32 Å². The number of hydrogen-bond acceptors (Lipinski definition) is 4. The maximum Gasteiger partial charge on any atom is 0.243 e. The number of hydrogen-bond donors (Lipinski definition) is 1. The van der Waals surface area contributed by atoms with Crippen LogP contribution in [0.2, 0.25) is 0 Å². The number of benzene rings is 1. The first kappa shape index (κ1) is 21.1. The van der Waals surface area contributed by atoms with Gasteiger partial charge in [0.05, 0.1) is 11.9 Å². The highest BCUT2D eigenvalue weighted by molar-refractivity contribution is 7.99. The second-order valence-corrected chi connectivity index (χ2v) is 10.0. The Hall–Kier alpha value is -1.21. The molecule has 1 aromatic carbocycles. The van der Waals surface area contributed by atoms with Gasteiger partial charge in [0.2, 0.25) is 15.9 Å². The van der Waals surface area contributed by atoms with E-state index >= 15 is 0 Å². The number of anilines is 1. The molecule has 0 radical (unpaired) electrons. The molecule has 1 aliphatic rings. The van der Waals surface area contributed by atoms with Crippen LogP contribution >= 0.6 is 11.8 Å². The summed E-state index contributed by atoms with van der Waals surface area (Å²) in [5.74, 6) is 0.642. The molecule has 5 nitrogen and oxygen atoms in total.